The number of hydrogen-bond donors (Lipinski definition) is 1. The van der Waals surface area contributed by atoms with Gasteiger partial charge in [0, 0.05) is 11.8 Å². The van der Waals surface area contributed by atoms with Crippen molar-refractivity contribution in [3.63, 3.8) is 0 Å². The van der Waals surface area contributed by atoms with Crippen LogP contribution in [-0.2, 0) is 4.79 Å². The van der Waals surface area contributed by atoms with Crippen LogP contribution in [0.2, 0.25) is 10.0 Å². The van der Waals surface area contributed by atoms with Gasteiger partial charge in [-0.15, -0.1) is 0 Å². The lowest BCUT2D eigenvalue weighted by Crippen LogP contribution is -2.07. The molecular weight excluding hydrogens is 329 g/mol. The van der Waals surface area contributed by atoms with Gasteiger partial charge in [0.1, 0.15) is 0 Å². The first kappa shape index (κ1) is 17.6. The van der Waals surface area contributed by atoms with Crippen LogP contribution in [0.15, 0.2) is 48.5 Å². The Balaban J connectivity index is 1.98. The van der Waals surface area contributed by atoms with Crippen LogP contribution in [0.1, 0.15) is 37.3 Å². The highest BCUT2D eigenvalue weighted by molar-refractivity contribution is 6.42. The zero-order valence-electron chi connectivity index (χ0n) is 13.1. The molecule has 0 aliphatic rings. The minimum absolute atomic E-state index is 0.188. The lowest BCUT2D eigenvalue weighted by atomic mass is 9.99. The summed E-state index contributed by atoms with van der Waals surface area (Å²) in [5, 5.41) is 3.80. The molecule has 0 fully saturated rings. The first-order valence-electron chi connectivity index (χ1n) is 7.53. The van der Waals surface area contributed by atoms with E-state index in [0.29, 0.717) is 16.0 Å². The highest BCUT2D eigenvalue weighted by Gasteiger charge is 2.03. The summed E-state index contributed by atoms with van der Waals surface area (Å²) < 4.78 is 0. The Morgan fingerprint density at radius 2 is 1.83 bits per heavy atom. The van der Waals surface area contributed by atoms with E-state index in [4.69, 9.17) is 23.2 Å². The molecule has 0 saturated heterocycles. The second kappa shape index (κ2) is 8.19. The van der Waals surface area contributed by atoms with Crippen molar-refractivity contribution >= 4 is 40.9 Å². The van der Waals surface area contributed by atoms with Crippen LogP contribution in [0.25, 0.3) is 6.08 Å². The van der Waals surface area contributed by atoms with Gasteiger partial charge in [-0.2, -0.15) is 0 Å². The summed E-state index contributed by atoms with van der Waals surface area (Å²) in [6.45, 7) is 4.35. The summed E-state index contributed by atoms with van der Waals surface area (Å²) in [4.78, 5) is 12.0. The number of halogens is 2. The molecule has 1 amide bonds. The average Bonchev–Trinajstić information content (AvgIpc) is 2.56. The molecule has 120 valence electrons. The van der Waals surface area contributed by atoms with Gasteiger partial charge in [-0.1, -0.05) is 55.2 Å². The molecule has 2 aromatic carbocycles. The molecule has 0 heterocycles. The predicted molar refractivity (Wildman–Crippen MR) is 99.3 cm³/mol. The molecule has 0 bridgehead atoms. The van der Waals surface area contributed by atoms with E-state index in [1.165, 1.54) is 11.6 Å². The molecule has 1 atom stereocenters. The summed E-state index contributed by atoms with van der Waals surface area (Å²) in [6.07, 6.45) is 4.27. The fraction of sp³-hybridized carbons (Fsp3) is 0.211. The second-order valence-corrected chi connectivity index (χ2v) is 6.24. The largest absolute Gasteiger partial charge is 0.323 e. The quantitative estimate of drug-likeness (QED) is 0.644. The molecule has 0 aliphatic carbocycles. The fourth-order valence-corrected chi connectivity index (χ4v) is 2.41. The van der Waals surface area contributed by atoms with E-state index < -0.39 is 0 Å². The Kier molecular flexibility index (Phi) is 6.26. The van der Waals surface area contributed by atoms with Crippen molar-refractivity contribution in [3.8, 4) is 0 Å². The van der Waals surface area contributed by atoms with Crippen molar-refractivity contribution in [2.75, 3.05) is 5.32 Å². The van der Waals surface area contributed by atoms with Gasteiger partial charge in [0.25, 0.3) is 0 Å². The number of rotatable bonds is 5. The Bertz CT molecular complexity index is 708. The normalized spacial score (nSPS) is 12.3. The van der Waals surface area contributed by atoms with Crippen LogP contribution in [0.3, 0.4) is 0 Å². The number of nitrogens with one attached hydrogen (secondary N) is 1. The summed E-state index contributed by atoms with van der Waals surface area (Å²) in [5.41, 5.74) is 2.87. The molecule has 1 N–H and O–H groups in total. The maximum atomic E-state index is 12.0. The van der Waals surface area contributed by atoms with Crippen LogP contribution in [-0.4, -0.2) is 5.91 Å². The van der Waals surface area contributed by atoms with Crippen LogP contribution in [0.5, 0.6) is 0 Å². The maximum absolute atomic E-state index is 12.0. The number of carbonyl (C=O) groups excluding carboxylic acids is 1. The molecule has 2 rings (SSSR count). The van der Waals surface area contributed by atoms with Gasteiger partial charge < -0.3 is 5.32 Å². The third kappa shape index (κ3) is 5.12. The van der Waals surface area contributed by atoms with Gasteiger partial charge >= 0.3 is 0 Å². The Hall–Kier alpha value is -1.77. The Morgan fingerprint density at radius 3 is 2.43 bits per heavy atom. The average molecular weight is 348 g/mol. The van der Waals surface area contributed by atoms with E-state index in [2.05, 4.69) is 19.2 Å². The molecule has 0 unspecified atom stereocenters. The molecular formula is C19H19Cl2NO. The standard InChI is InChI=1S/C19H19Cl2NO/c1-3-13(2)15-6-8-16(9-7-15)22-19(23)11-5-14-4-10-17(20)18(21)12-14/h4-13H,3H2,1-2H3,(H,22,23)/b11-5+/t13-/m1/s1. The van der Waals surface area contributed by atoms with E-state index in [1.54, 1.807) is 24.3 Å². The molecule has 0 aliphatic heterocycles. The van der Waals surface area contributed by atoms with Crippen molar-refractivity contribution in [3.05, 3.63) is 69.7 Å². The third-order valence-corrected chi connectivity index (χ3v) is 4.47. The van der Waals surface area contributed by atoms with Gasteiger partial charge in [-0.05, 0) is 53.8 Å². The van der Waals surface area contributed by atoms with Crippen molar-refractivity contribution in [1.82, 2.24) is 0 Å². The van der Waals surface area contributed by atoms with E-state index in [1.807, 2.05) is 24.3 Å². The first-order chi connectivity index (χ1) is 11.0. The minimum Gasteiger partial charge on any atom is -0.323 e. The summed E-state index contributed by atoms with van der Waals surface area (Å²) in [7, 11) is 0. The van der Waals surface area contributed by atoms with Crippen molar-refractivity contribution < 1.29 is 4.79 Å². The molecule has 0 spiro atoms. The smallest absolute Gasteiger partial charge is 0.248 e. The van der Waals surface area contributed by atoms with E-state index in [0.717, 1.165) is 17.7 Å². The Morgan fingerprint density at radius 1 is 1.13 bits per heavy atom. The fourth-order valence-electron chi connectivity index (χ4n) is 2.10. The van der Waals surface area contributed by atoms with Crippen LogP contribution in [0.4, 0.5) is 5.69 Å². The van der Waals surface area contributed by atoms with Crippen LogP contribution >= 0.6 is 23.2 Å². The zero-order valence-corrected chi connectivity index (χ0v) is 14.7. The summed E-state index contributed by atoms with van der Waals surface area (Å²) >= 11 is 11.8. The van der Waals surface area contributed by atoms with Gasteiger partial charge in [-0.3, -0.25) is 4.79 Å². The number of carbonyl (C=O) groups is 1. The summed E-state index contributed by atoms with van der Waals surface area (Å²) in [5.74, 6) is 0.335. The first-order valence-corrected chi connectivity index (χ1v) is 8.29. The number of hydrogen-bond acceptors (Lipinski definition) is 1. The topological polar surface area (TPSA) is 29.1 Å². The molecule has 2 aromatic rings. The lowest BCUT2D eigenvalue weighted by molar-refractivity contribution is -0.111. The molecule has 4 heteroatoms. The van der Waals surface area contributed by atoms with Crippen molar-refractivity contribution in [2.45, 2.75) is 26.2 Å². The molecule has 0 saturated carbocycles. The SMILES string of the molecule is CC[C@@H](C)c1ccc(NC(=O)/C=C/c2ccc(Cl)c(Cl)c2)cc1. The number of anilines is 1. The second-order valence-electron chi connectivity index (χ2n) is 5.43. The monoisotopic (exact) mass is 347 g/mol. The highest BCUT2D eigenvalue weighted by Crippen LogP contribution is 2.23. The summed E-state index contributed by atoms with van der Waals surface area (Å²) in [6, 6.07) is 13.2. The van der Waals surface area contributed by atoms with Gasteiger partial charge in [0.2, 0.25) is 5.91 Å². The van der Waals surface area contributed by atoms with Crippen molar-refractivity contribution in [2.24, 2.45) is 0 Å². The lowest BCUT2D eigenvalue weighted by Gasteiger charge is -2.09. The molecule has 23 heavy (non-hydrogen) atoms. The third-order valence-electron chi connectivity index (χ3n) is 3.73. The van der Waals surface area contributed by atoms with Gasteiger partial charge in [0.05, 0.1) is 10.0 Å². The van der Waals surface area contributed by atoms with E-state index in [-0.39, 0.29) is 5.91 Å². The number of benzene rings is 2. The van der Waals surface area contributed by atoms with E-state index in [9.17, 15) is 4.79 Å². The van der Waals surface area contributed by atoms with Crippen molar-refractivity contribution in [1.29, 1.82) is 0 Å². The van der Waals surface area contributed by atoms with Gasteiger partial charge in [0.15, 0.2) is 0 Å². The van der Waals surface area contributed by atoms with Crippen LogP contribution in [0, 0.1) is 0 Å². The molecule has 0 radical (unpaired) electrons. The van der Waals surface area contributed by atoms with Gasteiger partial charge in [-0.25, -0.2) is 0 Å². The molecule has 0 aromatic heterocycles. The minimum atomic E-state index is -0.188. The maximum Gasteiger partial charge on any atom is 0.248 e. The molecule has 2 nitrogen and oxygen atoms in total. The Labute approximate surface area is 147 Å². The zero-order chi connectivity index (χ0) is 16.8. The number of amides is 1. The predicted octanol–water partition coefficient (Wildman–Crippen LogP) is 6.16. The van der Waals surface area contributed by atoms with Crippen LogP contribution < -0.4 is 5.32 Å². The van der Waals surface area contributed by atoms with E-state index >= 15 is 0 Å². The highest BCUT2D eigenvalue weighted by atomic mass is 35.5.